The first kappa shape index (κ1) is 9.24. The Hall–Kier alpha value is -0.850. The summed E-state index contributed by atoms with van der Waals surface area (Å²) in [6.45, 7) is -0.154. The predicted molar refractivity (Wildman–Crippen MR) is 39.1 cm³/mol. The number of rotatable bonds is 3. The summed E-state index contributed by atoms with van der Waals surface area (Å²) < 4.78 is 38.5. The molecule has 0 bridgehead atoms. The van der Waals surface area contributed by atoms with Crippen molar-refractivity contribution in [1.29, 1.82) is 0 Å². The maximum absolute atomic E-state index is 11.6. The molecule has 1 heterocycles. The minimum atomic E-state index is -4.11. The summed E-state index contributed by atoms with van der Waals surface area (Å²) >= 11 is 1.03. The van der Waals surface area contributed by atoms with Gasteiger partial charge in [0.1, 0.15) is 6.33 Å². The van der Waals surface area contributed by atoms with Crippen molar-refractivity contribution in [3.05, 3.63) is 6.33 Å². The third-order valence-electron chi connectivity index (χ3n) is 1.05. The highest BCUT2D eigenvalue weighted by Crippen LogP contribution is 2.19. The maximum atomic E-state index is 11.6. The van der Waals surface area contributed by atoms with Crippen molar-refractivity contribution in [2.45, 2.75) is 12.6 Å². The first-order chi connectivity index (χ1) is 5.58. The second kappa shape index (κ2) is 3.70. The van der Waals surface area contributed by atoms with E-state index in [4.69, 9.17) is 0 Å². The van der Waals surface area contributed by atoms with Crippen molar-refractivity contribution in [2.24, 2.45) is 0 Å². The standard InChI is InChI=1S/C5H6F3N3S/c6-5(7,8)1-2-9-4-10-3-11-12-4/h3H,1-2H2,(H,9,10,11). The molecule has 0 aromatic carbocycles. The molecule has 1 N–H and O–H groups in total. The number of alkyl halides is 3. The largest absolute Gasteiger partial charge is 0.390 e. The number of halogens is 3. The third kappa shape index (κ3) is 3.51. The lowest BCUT2D eigenvalue weighted by Gasteiger charge is -2.05. The second-order valence-electron chi connectivity index (χ2n) is 2.04. The van der Waals surface area contributed by atoms with E-state index in [1.165, 1.54) is 6.33 Å². The van der Waals surface area contributed by atoms with Crippen LogP contribution in [0.15, 0.2) is 6.33 Å². The van der Waals surface area contributed by atoms with Gasteiger partial charge >= 0.3 is 6.18 Å². The SMILES string of the molecule is FC(F)(F)CCNc1ncns1. The highest BCUT2D eigenvalue weighted by atomic mass is 32.1. The lowest BCUT2D eigenvalue weighted by Crippen LogP contribution is -2.14. The van der Waals surface area contributed by atoms with Gasteiger partial charge in [0, 0.05) is 18.1 Å². The molecule has 0 saturated carbocycles. The highest BCUT2D eigenvalue weighted by Gasteiger charge is 2.26. The van der Waals surface area contributed by atoms with E-state index in [2.05, 4.69) is 14.7 Å². The molecule has 12 heavy (non-hydrogen) atoms. The van der Waals surface area contributed by atoms with Crippen LogP contribution in [0.25, 0.3) is 0 Å². The molecule has 0 unspecified atom stereocenters. The van der Waals surface area contributed by atoms with E-state index in [1.807, 2.05) is 0 Å². The van der Waals surface area contributed by atoms with E-state index in [0.717, 1.165) is 11.5 Å². The molecule has 7 heteroatoms. The molecule has 0 aliphatic heterocycles. The molecule has 68 valence electrons. The van der Waals surface area contributed by atoms with E-state index in [9.17, 15) is 13.2 Å². The van der Waals surface area contributed by atoms with Crippen LogP contribution >= 0.6 is 11.5 Å². The predicted octanol–water partition coefficient (Wildman–Crippen LogP) is 1.90. The third-order valence-corrected chi connectivity index (χ3v) is 1.67. The molecule has 0 aliphatic rings. The molecule has 0 spiro atoms. The topological polar surface area (TPSA) is 37.8 Å². The molecule has 0 fully saturated rings. The fourth-order valence-electron chi connectivity index (χ4n) is 0.562. The van der Waals surface area contributed by atoms with Gasteiger partial charge in [-0.2, -0.15) is 17.5 Å². The van der Waals surface area contributed by atoms with Crippen LogP contribution in [0.4, 0.5) is 18.3 Å². The van der Waals surface area contributed by atoms with Gasteiger partial charge in [0.2, 0.25) is 5.13 Å². The summed E-state index contributed by atoms with van der Waals surface area (Å²) in [5, 5.41) is 2.92. The van der Waals surface area contributed by atoms with Crippen LogP contribution in [0.1, 0.15) is 6.42 Å². The van der Waals surface area contributed by atoms with E-state index >= 15 is 0 Å². The molecule has 0 amide bonds. The molecule has 0 aliphatic carbocycles. The van der Waals surface area contributed by atoms with E-state index in [-0.39, 0.29) is 6.54 Å². The van der Waals surface area contributed by atoms with Crippen molar-refractivity contribution in [3.8, 4) is 0 Å². The summed E-state index contributed by atoms with van der Waals surface area (Å²) in [7, 11) is 0. The van der Waals surface area contributed by atoms with E-state index in [1.54, 1.807) is 0 Å². The smallest absolute Gasteiger partial charge is 0.360 e. The zero-order chi connectivity index (χ0) is 9.03. The Morgan fingerprint density at radius 2 is 2.25 bits per heavy atom. The first-order valence-electron chi connectivity index (χ1n) is 3.15. The maximum Gasteiger partial charge on any atom is 0.390 e. The van der Waals surface area contributed by atoms with Gasteiger partial charge in [-0.1, -0.05) is 0 Å². The monoisotopic (exact) mass is 197 g/mol. The lowest BCUT2D eigenvalue weighted by atomic mass is 10.4. The fourth-order valence-corrected chi connectivity index (χ4v) is 1.02. The number of hydrogen-bond acceptors (Lipinski definition) is 4. The van der Waals surface area contributed by atoms with Gasteiger partial charge in [0.05, 0.1) is 6.42 Å². The number of hydrogen-bond donors (Lipinski definition) is 1. The number of nitrogens with one attached hydrogen (secondary N) is 1. The molecule has 1 rings (SSSR count). The zero-order valence-electron chi connectivity index (χ0n) is 5.93. The van der Waals surface area contributed by atoms with Crippen LogP contribution in [-0.4, -0.2) is 22.1 Å². The van der Waals surface area contributed by atoms with Crippen LogP contribution in [0.2, 0.25) is 0 Å². The first-order valence-corrected chi connectivity index (χ1v) is 3.92. The second-order valence-corrected chi connectivity index (χ2v) is 2.82. The Labute approximate surface area is 70.8 Å². The van der Waals surface area contributed by atoms with E-state index in [0.29, 0.717) is 5.13 Å². The minimum absolute atomic E-state index is 0.154. The summed E-state index contributed by atoms with van der Waals surface area (Å²) in [4.78, 5) is 3.66. The van der Waals surface area contributed by atoms with Crippen molar-refractivity contribution in [1.82, 2.24) is 9.36 Å². The molecule has 0 saturated heterocycles. The van der Waals surface area contributed by atoms with Gasteiger partial charge in [-0.3, -0.25) is 0 Å². The van der Waals surface area contributed by atoms with Gasteiger partial charge in [0.25, 0.3) is 0 Å². The molecular weight excluding hydrogens is 191 g/mol. The van der Waals surface area contributed by atoms with Gasteiger partial charge in [-0.15, -0.1) is 0 Å². The van der Waals surface area contributed by atoms with Crippen molar-refractivity contribution < 1.29 is 13.2 Å². The van der Waals surface area contributed by atoms with Gasteiger partial charge in [-0.25, -0.2) is 4.98 Å². The van der Waals surface area contributed by atoms with Crippen LogP contribution in [-0.2, 0) is 0 Å². The van der Waals surface area contributed by atoms with Crippen LogP contribution in [0.3, 0.4) is 0 Å². The Kier molecular flexibility index (Phi) is 2.85. The molecule has 3 nitrogen and oxygen atoms in total. The quantitative estimate of drug-likeness (QED) is 0.804. The van der Waals surface area contributed by atoms with Gasteiger partial charge in [-0.05, 0) is 0 Å². The average Bonchev–Trinajstić information content (AvgIpc) is 2.36. The number of anilines is 1. The summed E-state index contributed by atoms with van der Waals surface area (Å²) in [6, 6.07) is 0. The van der Waals surface area contributed by atoms with E-state index < -0.39 is 12.6 Å². The van der Waals surface area contributed by atoms with Gasteiger partial charge < -0.3 is 5.32 Å². The molecular formula is C5H6F3N3S. The lowest BCUT2D eigenvalue weighted by molar-refractivity contribution is -0.131. The normalized spacial score (nSPS) is 11.6. The highest BCUT2D eigenvalue weighted by molar-refractivity contribution is 7.09. The molecule has 0 atom stereocenters. The van der Waals surface area contributed by atoms with Crippen molar-refractivity contribution in [3.63, 3.8) is 0 Å². The molecule has 0 radical (unpaired) electrons. The average molecular weight is 197 g/mol. The summed E-state index contributed by atoms with van der Waals surface area (Å²) in [5.74, 6) is 0. The van der Waals surface area contributed by atoms with Crippen molar-refractivity contribution in [2.75, 3.05) is 11.9 Å². The van der Waals surface area contributed by atoms with Gasteiger partial charge in [0.15, 0.2) is 0 Å². The summed E-state index contributed by atoms with van der Waals surface area (Å²) in [6.07, 6.45) is -3.68. The Balaban J connectivity index is 2.20. The Morgan fingerprint density at radius 1 is 1.50 bits per heavy atom. The number of nitrogens with zero attached hydrogens (tertiary/aromatic N) is 2. The molecule has 1 aromatic heterocycles. The Morgan fingerprint density at radius 3 is 2.75 bits per heavy atom. The van der Waals surface area contributed by atoms with Crippen LogP contribution < -0.4 is 5.32 Å². The van der Waals surface area contributed by atoms with Crippen LogP contribution in [0, 0.1) is 0 Å². The molecule has 1 aromatic rings. The summed E-state index contributed by atoms with van der Waals surface area (Å²) in [5.41, 5.74) is 0. The fraction of sp³-hybridized carbons (Fsp3) is 0.600. The minimum Gasteiger partial charge on any atom is -0.360 e. The van der Waals surface area contributed by atoms with Crippen LogP contribution in [0.5, 0.6) is 0 Å². The van der Waals surface area contributed by atoms with Crippen molar-refractivity contribution >= 4 is 16.7 Å². The number of aromatic nitrogens is 2. The Bertz CT molecular complexity index is 220. The zero-order valence-corrected chi connectivity index (χ0v) is 6.74.